The van der Waals surface area contributed by atoms with Gasteiger partial charge in [-0.3, -0.25) is 9.59 Å². The van der Waals surface area contributed by atoms with Gasteiger partial charge in [-0.1, -0.05) is 19.3 Å². The van der Waals surface area contributed by atoms with E-state index in [1.54, 1.807) is 0 Å². The summed E-state index contributed by atoms with van der Waals surface area (Å²) in [7, 11) is 0. The van der Waals surface area contributed by atoms with Gasteiger partial charge in [0.15, 0.2) is 24.0 Å². The van der Waals surface area contributed by atoms with Crippen LogP contribution in [0.5, 0.6) is 5.75 Å². The Hall–Kier alpha value is -1.98. The molecule has 1 aliphatic carbocycles. The molecule has 1 aliphatic rings. The number of benzene rings is 1. The quantitative estimate of drug-likeness (QED) is 0.850. The van der Waals surface area contributed by atoms with E-state index in [-0.39, 0.29) is 11.6 Å². The first kappa shape index (κ1) is 15.4. The van der Waals surface area contributed by atoms with Gasteiger partial charge in [0.2, 0.25) is 0 Å². The summed E-state index contributed by atoms with van der Waals surface area (Å²) < 4.78 is 32.0. The minimum absolute atomic E-state index is 0.113. The summed E-state index contributed by atoms with van der Waals surface area (Å²) in [4.78, 5) is 22.2. The van der Waals surface area contributed by atoms with Gasteiger partial charge in [-0.25, -0.2) is 8.78 Å². The van der Waals surface area contributed by atoms with Crippen molar-refractivity contribution in [1.82, 2.24) is 5.32 Å². The first-order chi connectivity index (χ1) is 10.1. The molecule has 0 saturated heterocycles. The number of amides is 1. The number of ether oxygens (including phenoxy) is 1. The standard InChI is InChI=1S/C15H17F2NO3/c16-12-6-10(8-19)7-13(17)15(12)21-9-14(20)18-11-4-2-1-3-5-11/h6-8,11H,1-5,9H2,(H,18,20). The number of hydrogen-bond donors (Lipinski definition) is 1. The van der Waals surface area contributed by atoms with Crippen LogP contribution in [0, 0.1) is 11.6 Å². The third-order valence-corrected chi connectivity index (χ3v) is 3.47. The molecule has 0 radical (unpaired) electrons. The van der Waals surface area contributed by atoms with E-state index in [4.69, 9.17) is 4.74 Å². The second-order valence-corrected chi connectivity index (χ2v) is 5.12. The number of aldehydes is 1. The molecule has 1 aromatic rings. The summed E-state index contributed by atoms with van der Waals surface area (Å²) in [6, 6.07) is 1.84. The fourth-order valence-corrected chi connectivity index (χ4v) is 2.44. The van der Waals surface area contributed by atoms with Crippen LogP contribution in [0.2, 0.25) is 0 Å². The zero-order valence-electron chi connectivity index (χ0n) is 11.5. The molecule has 1 amide bonds. The van der Waals surface area contributed by atoms with Crippen LogP contribution in [0.25, 0.3) is 0 Å². The maximum absolute atomic E-state index is 13.6. The third kappa shape index (κ3) is 4.24. The fourth-order valence-electron chi connectivity index (χ4n) is 2.44. The largest absolute Gasteiger partial charge is 0.478 e. The Morgan fingerprint density at radius 2 is 1.86 bits per heavy atom. The molecule has 2 rings (SSSR count). The summed E-state index contributed by atoms with van der Waals surface area (Å²) in [5.74, 6) is -3.04. The van der Waals surface area contributed by atoms with Gasteiger partial charge in [-0.05, 0) is 25.0 Å². The van der Waals surface area contributed by atoms with Crippen LogP contribution >= 0.6 is 0 Å². The van der Waals surface area contributed by atoms with Crippen LogP contribution in [-0.4, -0.2) is 24.8 Å². The Bertz CT molecular complexity index is 505. The number of nitrogens with one attached hydrogen (secondary N) is 1. The van der Waals surface area contributed by atoms with Gasteiger partial charge in [0.25, 0.3) is 5.91 Å². The molecule has 1 saturated carbocycles. The highest BCUT2D eigenvalue weighted by Crippen LogP contribution is 2.23. The Labute approximate surface area is 121 Å². The second kappa shape index (κ2) is 7.15. The molecule has 0 aliphatic heterocycles. The highest BCUT2D eigenvalue weighted by atomic mass is 19.1. The van der Waals surface area contributed by atoms with Gasteiger partial charge in [0, 0.05) is 11.6 Å². The molecule has 21 heavy (non-hydrogen) atoms. The van der Waals surface area contributed by atoms with Gasteiger partial charge in [-0.2, -0.15) is 0 Å². The molecule has 0 bridgehead atoms. The number of rotatable bonds is 5. The van der Waals surface area contributed by atoms with Gasteiger partial charge < -0.3 is 10.1 Å². The summed E-state index contributed by atoms with van der Waals surface area (Å²) >= 11 is 0. The molecule has 114 valence electrons. The van der Waals surface area contributed by atoms with Gasteiger partial charge >= 0.3 is 0 Å². The van der Waals surface area contributed by atoms with Crippen molar-refractivity contribution in [3.8, 4) is 5.75 Å². The SMILES string of the molecule is O=Cc1cc(F)c(OCC(=O)NC2CCCCC2)c(F)c1. The van der Waals surface area contributed by atoms with E-state index in [0.717, 1.165) is 37.8 Å². The zero-order chi connectivity index (χ0) is 15.2. The molecular formula is C15H17F2NO3. The van der Waals surface area contributed by atoms with Crippen LogP contribution in [0.3, 0.4) is 0 Å². The predicted octanol–water partition coefficient (Wildman–Crippen LogP) is 2.61. The molecule has 0 unspecified atom stereocenters. The van der Waals surface area contributed by atoms with E-state index in [0.29, 0.717) is 6.29 Å². The van der Waals surface area contributed by atoms with Crippen molar-refractivity contribution in [1.29, 1.82) is 0 Å². The van der Waals surface area contributed by atoms with E-state index < -0.39 is 29.9 Å². The van der Waals surface area contributed by atoms with Gasteiger partial charge in [0.05, 0.1) is 0 Å². The highest BCUT2D eigenvalue weighted by molar-refractivity contribution is 5.78. The van der Waals surface area contributed by atoms with Gasteiger partial charge in [0.1, 0.15) is 6.29 Å². The van der Waals surface area contributed by atoms with Crippen molar-refractivity contribution >= 4 is 12.2 Å². The summed E-state index contributed by atoms with van der Waals surface area (Å²) in [6.07, 6.45) is 5.49. The molecule has 1 N–H and O–H groups in total. The van der Waals surface area contributed by atoms with E-state index in [1.165, 1.54) is 6.42 Å². The van der Waals surface area contributed by atoms with Crippen LogP contribution in [0.1, 0.15) is 42.5 Å². The molecule has 6 heteroatoms. The maximum atomic E-state index is 13.6. The summed E-state index contributed by atoms with van der Waals surface area (Å²) in [5.41, 5.74) is -0.121. The first-order valence-corrected chi connectivity index (χ1v) is 6.96. The maximum Gasteiger partial charge on any atom is 0.258 e. The van der Waals surface area contributed by atoms with Crippen molar-refractivity contribution in [2.45, 2.75) is 38.1 Å². The highest BCUT2D eigenvalue weighted by Gasteiger charge is 2.18. The van der Waals surface area contributed by atoms with Crippen molar-refractivity contribution in [3.05, 3.63) is 29.3 Å². The lowest BCUT2D eigenvalue weighted by molar-refractivity contribution is -0.124. The van der Waals surface area contributed by atoms with E-state index in [1.807, 2.05) is 0 Å². The Morgan fingerprint density at radius 3 is 2.43 bits per heavy atom. The van der Waals surface area contributed by atoms with Crippen molar-refractivity contribution in [3.63, 3.8) is 0 Å². The van der Waals surface area contributed by atoms with E-state index in [9.17, 15) is 18.4 Å². The predicted molar refractivity (Wildman–Crippen MR) is 72.3 cm³/mol. The lowest BCUT2D eigenvalue weighted by atomic mass is 9.95. The van der Waals surface area contributed by atoms with Gasteiger partial charge in [-0.15, -0.1) is 0 Å². The minimum Gasteiger partial charge on any atom is -0.478 e. The number of carbonyl (C=O) groups excluding carboxylic acids is 2. The lowest BCUT2D eigenvalue weighted by Gasteiger charge is -2.22. The monoisotopic (exact) mass is 297 g/mol. The summed E-state index contributed by atoms with van der Waals surface area (Å²) in [6.45, 7) is -0.454. The smallest absolute Gasteiger partial charge is 0.258 e. The van der Waals surface area contributed by atoms with Crippen LogP contribution in [0.4, 0.5) is 8.78 Å². The number of hydrogen-bond acceptors (Lipinski definition) is 3. The zero-order valence-corrected chi connectivity index (χ0v) is 11.5. The molecule has 0 atom stereocenters. The van der Waals surface area contributed by atoms with E-state index in [2.05, 4.69) is 5.32 Å². The molecule has 1 aromatic carbocycles. The average Bonchev–Trinajstić information content (AvgIpc) is 2.47. The average molecular weight is 297 g/mol. The molecule has 0 heterocycles. The summed E-state index contributed by atoms with van der Waals surface area (Å²) in [5, 5.41) is 2.79. The lowest BCUT2D eigenvalue weighted by Crippen LogP contribution is -2.39. The Kier molecular flexibility index (Phi) is 5.25. The van der Waals surface area contributed by atoms with Crippen molar-refractivity contribution in [2.24, 2.45) is 0 Å². The normalized spacial score (nSPS) is 15.5. The molecule has 1 fully saturated rings. The van der Waals surface area contributed by atoms with Crippen molar-refractivity contribution in [2.75, 3.05) is 6.61 Å². The number of halogens is 2. The molecule has 4 nitrogen and oxygen atoms in total. The third-order valence-electron chi connectivity index (χ3n) is 3.47. The van der Waals surface area contributed by atoms with Crippen LogP contribution in [-0.2, 0) is 4.79 Å². The van der Waals surface area contributed by atoms with Crippen molar-refractivity contribution < 1.29 is 23.1 Å². The molecule has 0 aromatic heterocycles. The number of carbonyl (C=O) groups is 2. The Morgan fingerprint density at radius 1 is 1.24 bits per heavy atom. The molecule has 0 spiro atoms. The van der Waals surface area contributed by atoms with E-state index >= 15 is 0 Å². The Balaban J connectivity index is 1.90. The topological polar surface area (TPSA) is 55.4 Å². The fraction of sp³-hybridized carbons (Fsp3) is 0.467. The minimum atomic E-state index is -0.998. The second-order valence-electron chi connectivity index (χ2n) is 5.12. The first-order valence-electron chi connectivity index (χ1n) is 6.96. The molecular weight excluding hydrogens is 280 g/mol. The van der Waals surface area contributed by atoms with Crippen LogP contribution < -0.4 is 10.1 Å². The van der Waals surface area contributed by atoms with Crippen LogP contribution in [0.15, 0.2) is 12.1 Å².